The lowest BCUT2D eigenvalue weighted by Gasteiger charge is -2.34. The van der Waals surface area contributed by atoms with E-state index >= 15 is 0 Å². The standard InChI is InChI=1S/C24H26FN5O3/c1-24(2,3)33-23(32)29-13-18-20(15-9-11-27-12-10-15)21(16-5-7-17(25)8-6-16)28-30(18)19(14-29)22(31)26-4/h5-12,19H,13-14H2,1-4H3,(H,26,31). The van der Waals surface area contributed by atoms with Crippen molar-refractivity contribution in [1.82, 2.24) is 25.0 Å². The number of carbonyl (C=O) groups excluding carboxylic acids is 2. The number of hydrogen-bond donors (Lipinski definition) is 1. The molecule has 0 radical (unpaired) electrons. The number of amides is 2. The molecule has 0 fully saturated rings. The largest absolute Gasteiger partial charge is 0.444 e. The van der Waals surface area contributed by atoms with Crippen molar-refractivity contribution >= 4 is 12.0 Å². The van der Waals surface area contributed by atoms with Crippen LogP contribution in [0.3, 0.4) is 0 Å². The molecule has 172 valence electrons. The molecule has 1 N–H and O–H groups in total. The van der Waals surface area contributed by atoms with Gasteiger partial charge in [-0.1, -0.05) is 0 Å². The Morgan fingerprint density at radius 3 is 2.36 bits per heavy atom. The summed E-state index contributed by atoms with van der Waals surface area (Å²) < 4.78 is 20.8. The molecular formula is C24H26FN5O3. The summed E-state index contributed by atoms with van der Waals surface area (Å²) >= 11 is 0. The van der Waals surface area contributed by atoms with Crippen LogP contribution >= 0.6 is 0 Å². The number of hydrogen-bond acceptors (Lipinski definition) is 5. The molecule has 9 heteroatoms. The maximum Gasteiger partial charge on any atom is 0.410 e. The Balaban J connectivity index is 1.89. The summed E-state index contributed by atoms with van der Waals surface area (Å²) in [7, 11) is 1.54. The SMILES string of the molecule is CNC(=O)C1CN(C(=O)OC(C)(C)C)Cc2c(-c3ccncc3)c(-c3ccc(F)cc3)nn21. The Labute approximate surface area is 191 Å². The zero-order valence-corrected chi connectivity index (χ0v) is 19.0. The molecular weight excluding hydrogens is 425 g/mol. The van der Waals surface area contributed by atoms with E-state index in [0.717, 1.165) is 11.1 Å². The molecule has 4 rings (SSSR count). The van der Waals surface area contributed by atoms with Gasteiger partial charge in [0.05, 0.1) is 18.8 Å². The highest BCUT2D eigenvalue weighted by Gasteiger charge is 2.38. The number of rotatable bonds is 3. The minimum atomic E-state index is -0.749. The van der Waals surface area contributed by atoms with Gasteiger partial charge in [-0.2, -0.15) is 5.10 Å². The number of carbonyl (C=O) groups is 2. The fourth-order valence-corrected chi connectivity index (χ4v) is 3.87. The van der Waals surface area contributed by atoms with E-state index in [1.807, 2.05) is 12.1 Å². The number of pyridine rings is 1. The van der Waals surface area contributed by atoms with Crippen molar-refractivity contribution < 1.29 is 18.7 Å². The van der Waals surface area contributed by atoms with Gasteiger partial charge in [0.15, 0.2) is 0 Å². The first-order chi connectivity index (χ1) is 15.7. The number of nitrogens with one attached hydrogen (secondary N) is 1. The fourth-order valence-electron chi connectivity index (χ4n) is 3.87. The highest BCUT2D eigenvalue weighted by atomic mass is 19.1. The van der Waals surface area contributed by atoms with Gasteiger partial charge >= 0.3 is 6.09 Å². The van der Waals surface area contributed by atoms with Gasteiger partial charge < -0.3 is 10.1 Å². The highest BCUT2D eigenvalue weighted by molar-refractivity contribution is 5.86. The maximum absolute atomic E-state index is 13.6. The zero-order chi connectivity index (χ0) is 23.8. The molecule has 8 nitrogen and oxygen atoms in total. The molecule has 1 atom stereocenters. The van der Waals surface area contributed by atoms with Crippen molar-refractivity contribution in [2.24, 2.45) is 0 Å². The molecule has 0 aliphatic carbocycles. The maximum atomic E-state index is 13.6. The van der Waals surface area contributed by atoms with Crippen LogP contribution < -0.4 is 5.32 Å². The Bertz CT molecular complexity index is 1170. The summed E-state index contributed by atoms with van der Waals surface area (Å²) in [5.74, 6) is -0.633. The Morgan fingerprint density at radius 2 is 1.76 bits per heavy atom. The van der Waals surface area contributed by atoms with Crippen LogP contribution in [0, 0.1) is 5.82 Å². The Hall–Kier alpha value is -3.75. The molecule has 2 aromatic heterocycles. The zero-order valence-electron chi connectivity index (χ0n) is 19.0. The minimum absolute atomic E-state index is 0.113. The van der Waals surface area contributed by atoms with E-state index in [4.69, 9.17) is 9.84 Å². The monoisotopic (exact) mass is 451 g/mol. The molecule has 2 amide bonds. The van der Waals surface area contributed by atoms with E-state index < -0.39 is 17.7 Å². The summed E-state index contributed by atoms with van der Waals surface area (Å²) in [5, 5.41) is 7.44. The molecule has 3 aromatic rings. The molecule has 33 heavy (non-hydrogen) atoms. The first kappa shape index (κ1) is 22.4. The van der Waals surface area contributed by atoms with Crippen LogP contribution in [0.4, 0.5) is 9.18 Å². The lowest BCUT2D eigenvalue weighted by Crippen LogP contribution is -2.47. The smallest absolute Gasteiger partial charge is 0.410 e. The predicted octanol–water partition coefficient (Wildman–Crippen LogP) is 3.79. The van der Waals surface area contributed by atoms with Crippen molar-refractivity contribution in [1.29, 1.82) is 0 Å². The van der Waals surface area contributed by atoms with Gasteiger partial charge in [0.2, 0.25) is 5.91 Å². The number of halogens is 1. The molecule has 1 unspecified atom stereocenters. The average molecular weight is 452 g/mol. The average Bonchev–Trinajstić information content (AvgIpc) is 3.17. The third-order valence-electron chi connectivity index (χ3n) is 5.33. The summed E-state index contributed by atoms with van der Waals surface area (Å²) in [6, 6.07) is 8.96. The van der Waals surface area contributed by atoms with Crippen molar-refractivity contribution in [2.75, 3.05) is 13.6 Å². The quantitative estimate of drug-likeness (QED) is 0.655. The van der Waals surface area contributed by atoms with Gasteiger partial charge in [-0.25, -0.2) is 9.18 Å². The van der Waals surface area contributed by atoms with Crippen LogP contribution in [-0.4, -0.2) is 50.9 Å². The lowest BCUT2D eigenvalue weighted by molar-refractivity contribution is -0.125. The Kier molecular flexibility index (Phi) is 5.88. The topological polar surface area (TPSA) is 89.3 Å². The number of fused-ring (bicyclic) bond motifs is 1. The second kappa shape index (κ2) is 8.65. The van der Waals surface area contributed by atoms with Crippen molar-refractivity contribution in [2.45, 2.75) is 39.0 Å². The number of likely N-dealkylation sites (N-methyl/N-ethyl adjacent to an activating group) is 1. The molecule has 0 saturated heterocycles. The second-order valence-electron chi connectivity index (χ2n) is 8.85. The number of aromatic nitrogens is 3. The van der Waals surface area contributed by atoms with Crippen molar-refractivity contribution in [3.8, 4) is 22.4 Å². The van der Waals surface area contributed by atoms with E-state index in [2.05, 4.69) is 10.3 Å². The normalized spacial score (nSPS) is 15.7. The third-order valence-corrected chi connectivity index (χ3v) is 5.33. The van der Waals surface area contributed by atoms with Crippen LogP contribution in [0.15, 0.2) is 48.8 Å². The molecule has 1 aliphatic heterocycles. The highest BCUT2D eigenvalue weighted by Crippen LogP contribution is 2.38. The molecule has 0 spiro atoms. The van der Waals surface area contributed by atoms with Crippen LogP contribution in [0.2, 0.25) is 0 Å². The van der Waals surface area contributed by atoms with Gasteiger partial charge in [0.1, 0.15) is 23.2 Å². The molecule has 0 bridgehead atoms. The predicted molar refractivity (Wildman–Crippen MR) is 121 cm³/mol. The van der Waals surface area contributed by atoms with Crippen LogP contribution in [0.5, 0.6) is 0 Å². The van der Waals surface area contributed by atoms with Crippen LogP contribution in [0.1, 0.15) is 32.5 Å². The van der Waals surface area contributed by atoms with E-state index in [0.29, 0.717) is 17.0 Å². The molecule has 3 heterocycles. The Morgan fingerprint density at radius 1 is 1.09 bits per heavy atom. The van der Waals surface area contributed by atoms with Crippen LogP contribution in [-0.2, 0) is 16.1 Å². The minimum Gasteiger partial charge on any atom is -0.444 e. The summed E-state index contributed by atoms with van der Waals surface area (Å²) in [5.41, 5.74) is 2.88. The summed E-state index contributed by atoms with van der Waals surface area (Å²) in [4.78, 5) is 31.4. The lowest BCUT2D eigenvalue weighted by atomic mass is 9.98. The molecule has 0 saturated carbocycles. The summed E-state index contributed by atoms with van der Waals surface area (Å²) in [6.45, 7) is 5.70. The first-order valence-electron chi connectivity index (χ1n) is 10.6. The van der Waals surface area contributed by atoms with Gasteiger partial charge in [0.25, 0.3) is 0 Å². The van der Waals surface area contributed by atoms with E-state index in [9.17, 15) is 14.0 Å². The van der Waals surface area contributed by atoms with Gasteiger partial charge in [-0.05, 0) is 62.7 Å². The fraction of sp³-hybridized carbons (Fsp3) is 0.333. The number of benzene rings is 1. The summed E-state index contributed by atoms with van der Waals surface area (Å²) in [6.07, 6.45) is 2.82. The van der Waals surface area contributed by atoms with Crippen molar-refractivity contribution in [3.05, 3.63) is 60.3 Å². The van der Waals surface area contributed by atoms with E-state index in [1.54, 1.807) is 57.0 Å². The number of ether oxygens (including phenoxy) is 1. The molecule has 1 aliphatic rings. The molecule has 1 aromatic carbocycles. The van der Waals surface area contributed by atoms with E-state index in [1.165, 1.54) is 17.0 Å². The van der Waals surface area contributed by atoms with Crippen molar-refractivity contribution in [3.63, 3.8) is 0 Å². The van der Waals surface area contributed by atoms with Gasteiger partial charge in [-0.3, -0.25) is 19.4 Å². The first-order valence-corrected chi connectivity index (χ1v) is 10.6. The van der Waals surface area contributed by atoms with Crippen LogP contribution in [0.25, 0.3) is 22.4 Å². The van der Waals surface area contributed by atoms with Gasteiger partial charge in [-0.15, -0.1) is 0 Å². The second-order valence-corrected chi connectivity index (χ2v) is 8.85. The third kappa shape index (κ3) is 4.57. The van der Waals surface area contributed by atoms with Gasteiger partial charge in [0, 0.05) is 30.6 Å². The van der Waals surface area contributed by atoms with E-state index in [-0.39, 0.29) is 24.8 Å². The number of nitrogens with zero attached hydrogens (tertiary/aromatic N) is 4.